The molecule has 1 aromatic heterocycles. The van der Waals surface area contributed by atoms with Gasteiger partial charge in [0.25, 0.3) is 0 Å². The lowest BCUT2D eigenvalue weighted by molar-refractivity contribution is -0.128. The van der Waals surface area contributed by atoms with Gasteiger partial charge in [0.05, 0.1) is 25.1 Å². The Kier molecular flexibility index (Phi) is 5.62. The maximum atomic E-state index is 12.4. The van der Waals surface area contributed by atoms with Gasteiger partial charge >= 0.3 is 0 Å². The summed E-state index contributed by atoms with van der Waals surface area (Å²) in [6.45, 7) is 3.80. The van der Waals surface area contributed by atoms with Crippen molar-refractivity contribution in [1.29, 1.82) is 0 Å². The fourth-order valence-electron chi connectivity index (χ4n) is 3.24. The Morgan fingerprint density at radius 1 is 1.11 bits per heavy atom. The van der Waals surface area contributed by atoms with Gasteiger partial charge in [0, 0.05) is 6.54 Å². The summed E-state index contributed by atoms with van der Waals surface area (Å²) in [4.78, 5) is 14.3. The molecule has 144 valence electrons. The lowest BCUT2D eigenvalue weighted by atomic mass is 10.2. The van der Waals surface area contributed by atoms with Gasteiger partial charge in [-0.25, -0.2) is 4.68 Å². The van der Waals surface area contributed by atoms with Crippen molar-refractivity contribution in [2.75, 3.05) is 12.4 Å². The zero-order valence-corrected chi connectivity index (χ0v) is 16.5. The molecule has 0 spiro atoms. The second-order valence-corrected chi connectivity index (χ2v) is 7.66. The monoisotopic (exact) mass is 394 g/mol. The Morgan fingerprint density at radius 2 is 1.93 bits per heavy atom. The molecule has 28 heavy (non-hydrogen) atoms. The van der Waals surface area contributed by atoms with Crippen LogP contribution in [0.3, 0.4) is 0 Å². The molecule has 1 saturated heterocycles. The highest BCUT2D eigenvalue weighted by molar-refractivity contribution is 8.00. The van der Waals surface area contributed by atoms with E-state index in [4.69, 9.17) is 4.74 Å². The van der Waals surface area contributed by atoms with Gasteiger partial charge in [-0.2, -0.15) is 0 Å². The number of rotatable bonds is 7. The SMILES string of the molecule is CCOc1cccc(Cn2cc([C@H]3SCC(=O)N3Cc3ccccc3)nn2)c1. The van der Waals surface area contributed by atoms with E-state index in [1.54, 1.807) is 11.8 Å². The van der Waals surface area contributed by atoms with Gasteiger partial charge in [0.15, 0.2) is 0 Å². The highest BCUT2D eigenvalue weighted by Crippen LogP contribution is 2.38. The molecule has 0 radical (unpaired) electrons. The predicted octanol–water partition coefficient (Wildman–Crippen LogP) is 3.50. The molecule has 1 aliphatic heterocycles. The second kappa shape index (κ2) is 8.48. The third-order valence-electron chi connectivity index (χ3n) is 4.53. The van der Waals surface area contributed by atoms with E-state index >= 15 is 0 Å². The van der Waals surface area contributed by atoms with Gasteiger partial charge in [-0.3, -0.25) is 4.79 Å². The number of amides is 1. The first-order valence-electron chi connectivity index (χ1n) is 9.29. The molecule has 1 fully saturated rings. The Hall–Kier alpha value is -2.80. The van der Waals surface area contributed by atoms with E-state index in [2.05, 4.69) is 10.3 Å². The second-order valence-electron chi connectivity index (χ2n) is 6.59. The van der Waals surface area contributed by atoms with Crippen LogP contribution in [0.2, 0.25) is 0 Å². The third-order valence-corrected chi connectivity index (χ3v) is 5.75. The first-order chi connectivity index (χ1) is 13.7. The van der Waals surface area contributed by atoms with Crippen molar-refractivity contribution in [3.8, 4) is 5.75 Å². The van der Waals surface area contributed by atoms with E-state index in [1.165, 1.54) is 0 Å². The van der Waals surface area contributed by atoms with E-state index in [0.717, 1.165) is 22.6 Å². The number of thioether (sulfide) groups is 1. The molecule has 3 aromatic rings. The number of hydrogen-bond donors (Lipinski definition) is 0. The molecule has 6 nitrogen and oxygen atoms in total. The van der Waals surface area contributed by atoms with Crippen LogP contribution in [0.5, 0.6) is 5.75 Å². The van der Waals surface area contributed by atoms with Gasteiger partial charge in [-0.05, 0) is 30.2 Å². The molecule has 4 rings (SSSR count). The number of ether oxygens (including phenoxy) is 1. The number of benzene rings is 2. The van der Waals surface area contributed by atoms with Crippen molar-refractivity contribution in [3.05, 3.63) is 77.6 Å². The van der Waals surface area contributed by atoms with Crippen LogP contribution in [-0.2, 0) is 17.9 Å². The predicted molar refractivity (Wildman–Crippen MR) is 109 cm³/mol. The molecular formula is C21H22N4O2S. The van der Waals surface area contributed by atoms with Gasteiger partial charge < -0.3 is 9.64 Å². The van der Waals surface area contributed by atoms with Crippen molar-refractivity contribution in [2.24, 2.45) is 0 Å². The van der Waals surface area contributed by atoms with Gasteiger partial charge in [-0.1, -0.05) is 47.7 Å². The lowest BCUT2D eigenvalue weighted by Crippen LogP contribution is -2.27. The molecule has 0 N–H and O–H groups in total. The van der Waals surface area contributed by atoms with Crippen molar-refractivity contribution in [1.82, 2.24) is 19.9 Å². The van der Waals surface area contributed by atoms with E-state index in [9.17, 15) is 4.79 Å². The van der Waals surface area contributed by atoms with Crippen LogP contribution in [0.15, 0.2) is 60.8 Å². The molecule has 0 unspecified atom stereocenters. The molecule has 1 atom stereocenters. The summed E-state index contributed by atoms with van der Waals surface area (Å²) in [5.74, 6) is 1.46. The number of aromatic nitrogens is 3. The highest BCUT2D eigenvalue weighted by Gasteiger charge is 2.34. The van der Waals surface area contributed by atoms with E-state index < -0.39 is 0 Å². The minimum Gasteiger partial charge on any atom is -0.494 e. The summed E-state index contributed by atoms with van der Waals surface area (Å²) < 4.78 is 7.37. The van der Waals surface area contributed by atoms with Crippen LogP contribution in [0.1, 0.15) is 29.1 Å². The van der Waals surface area contributed by atoms with Crippen LogP contribution in [-0.4, -0.2) is 38.2 Å². The first kappa shape index (κ1) is 18.6. The minimum atomic E-state index is -0.101. The summed E-state index contributed by atoms with van der Waals surface area (Å²) in [5, 5.41) is 8.52. The van der Waals surface area contributed by atoms with Crippen LogP contribution in [0, 0.1) is 0 Å². The topological polar surface area (TPSA) is 60.2 Å². The smallest absolute Gasteiger partial charge is 0.234 e. The zero-order chi connectivity index (χ0) is 19.3. The third kappa shape index (κ3) is 4.20. The first-order valence-corrected chi connectivity index (χ1v) is 10.3. The zero-order valence-electron chi connectivity index (χ0n) is 15.7. The average molecular weight is 395 g/mol. The number of hydrogen-bond acceptors (Lipinski definition) is 5. The lowest BCUT2D eigenvalue weighted by Gasteiger charge is -2.22. The van der Waals surface area contributed by atoms with Gasteiger partial charge in [-0.15, -0.1) is 16.9 Å². The van der Waals surface area contributed by atoms with E-state index in [0.29, 0.717) is 25.4 Å². The fourth-order valence-corrected chi connectivity index (χ4v) is 4.36. The standard InChI is InChI=1S/C21H22N4O2S/c1-2-27-18-10-6-9-17(11-18)12-24-14-19(22-23-24)21-25(20(26)15-28-21)13-16-7-4-3-5-8-16/h3-11,14,21H,2,12-13,15H2,1H3/t21-/m1/s1. The van der Waals surface area contributed by atoms with Crippen LogP contribution < -0.4 is 4.74 Å². The van der Waals surface area contributed by atoms with Crippen molar-refractivity contribution in [3.63, 3.8) is 0 Å². The molecule has 7 heteroatoms. The van der Waals surface area contributed by atoms with Gasteiger partial charge in [0.2, 0.25) is 5.91 Å². The molecule has 1 amide bonds. The average Bonchev–Trinajstić information content (AvgIpc) is 3.30. The largest absolute Gasteiger partial charge is 0.494 e. The number of carbonyl (C=O) groups is 1. The van der Waals surface area contributed by atoms with Crippen molar-refractivity contribution < 1.29 is 9.53 Å². The quantitative estimate of drug-likeness (QED) is 0.614. The summed E-state index contributed by atoms with van der Waals surface area (Å²) in [6.07, 6.45) is 1.93. The molecule has 0 bridgehead atoms. The number of carbonyl (C=O) groups excluding carboxylic acids is 1. The van der Waals surface area contributed by atoms with Crippen LogP contribution in [0.25, 0.3) is 0 Å². The van der Waals surface area contributed by atoms with Crippen LogP contribution in [0.4, 0.5) is 0 Å². The Morgan fingerprint density at radius 3 is 2.75 bits per heavy atom. The molecular weight excluding hydrogens is 372 g/mol. The summed E-state index contributed by atoms with van der Waals surface area (Å²) in [6, 6.07) is 18.0. The maximum absolute atomic E-state index is 12.4. The van der Waals surface area contributed by atoms with E-state index in [-0.39, 0.29) is 11.3 Å². The van der Waals surface area contributed by atoms with E-state index in [1.807, 2.05) is 77.3 Å². The minimum absolute atomic E-state index is 0.101. The van der Waals surface area contributed by atoms with Crippen molar-refractivity contribution in [2.45, 2.75) is 25.4 Å². The molecule has 2 aromatic carbocycles. The van der Waals surface area contributed by atoms with Gasteiger partial charge in [0.1, 0.15) is 16.8 Å². The summed E-state index contributed by atoms with van der Waals surface area (Å²) in [5.41, 5.74) is 3.02. The normalized spacial score (nSPS) is 16.5. The van der Waals surface area contributed by atoms with Crippen LogP contribution >= 0.6 is 11.8 Å². The summed E-state index contributed by atoms with van der Waals surface area (Å²) >= 11 is 1.60. The van der Waals surface area contributed by atoms with Crippen molar-refractivity contribution >= 4 is 17.7 Å². The number of nitrogens with zero attached hydrogens (tertiary/aromatic N) is 4. The molecule has 1 aliphatic rings. The Labute approximate surface area is 168 Å². The Balaban J connectivity index is 1.48. The molecule has 0 aliphatic carbocycles. The Bertz CT molecular complexity index is 944. The maximum Gasteiger partial charge on any atom is 0.234 e. The fraction of sp³-hybridized carbons (Fsp3) is 0.286. The summed E-state index contributed by atoms with van der Waals surface area (Å²) in [7, 11) is 0. The highest BCUT2D eigenvalue weighted by atomic mass is 32.2. The molecule has 2 heterocycles. The molecule has 0 saturated carbocycles.